The summed E-state index contributed by atoms with van der Waals surface area (Å²) in [6.07, 6.45) is 0. The van der Waals surface area contributed by atoms with E-state index < -0.39 is 12.5 Å². The number of carboxylic acids is 1. The zero-order valence-electron chi connectivity index (χ0n) is 3.72. The molecule has 42 valence electrons. The number of halogens is 1. The Hall–Kier alpha value is -0.930. The summed E-state index contributed by atoms with van der Waals surface area (Å²) in [5.41, 5.74) is 0. The van der Waals surface area contributed by atoms with E-state index in [4.69, 9.17) is 14.7 Å². The van der Waals surface area contributed by atoms with E-state index in [0.717, 1.165) is 6.92 Å². The van der Waals surface area contributed by atoms with Crippen molar-refractivity contribution in [2.45, 2.75) is 6.92 Å². The quantitative estimate of drug-likeness (QED) is 0.357. The van der Waals surface area contributed by atoms with Crippen LogP contribution in [0.3, 0.4) is 0 Å². The molecule has 0 aromatic rings. The highest BCUT2D eigenvalue weighted by atomic mass is 19.1. The molecule has 0 aliphatic carbocycles. The number of carbonyl (C=O) groups is 2. The highest BCUT2D eigenvalue weighted by molar-refractivity contribution is 5.62. The summed E-state index contributed by atoms with van der Waals surface area (Å²) in [5, 5.41) is 7.42. The summed E-state index contributed by atoms with van der Waals surface area (Å²) in [7, 11) is 0. The van der Waals surface area contributed by atoms with E-state index >= 15 is 0 Å². The molecule has 7 heavy (non-hydrogen) atoms. The summed E-state index contributed by atoms with van der Waals surface area (Å²) in [4.78, 5) is 17.1. The molecule has 4 heteroatoms. The van der Waals surface area contributed by atoms with Crippen LogP contribution in [0.4, 0.5) is 4.39 Å². The lowest BCUT2D eigenvalue weighted by Gasteiger charge is -1.59. The first-order valence-corrected chi connectivity index (χ1v) is 1.38. The molecule has 0 bridgehead atoms. The highest BCUT2D eigenvalue weighted by Gasteiger charge is 1.65. The van der Waals surface area contributed by atoms with Crippen LogP contribution in [0.1, 0.15) is 6.92 Å². The average molecular weight is 108 g/mol. The molecule has 0 amide bonds. The highest BCUT2D eigenvalue weighted by Crippen LogP contribution is 1.42. The largest absolute Gasteiger partial charge is 0.481 e. The van der Waals surface area contributed by atoms with Crippen molar-refractivity contribution in [3.63, 3.8) is 0 Å². The van der Waals surface area contributed by atoms with Crippen LogP contribution in [0.5, 0.6) is 0 Å². The zero-order valence-corrected chi connectivity index (χ0v) is 3.72. The van der Waals surface area contributed by atoms with E-state index in [1.165, 1.54) is 0 Å². The molecule has 0 spiro atoms. The number of hydrogen-bond donors (Lipinski definition) is 1. The van der Waals surface area contributed by atoms with Crippen LogP contribution in [0, 0.1) is 0 Å². The minimum absolute atomic E-state index is 0.750. The molecule has 0 aliphatic rings. The van der Waals surface area contributed by atoms with Crippen LogP contribution in [0.25, 0.3) is 0 Å². The second kappa shape index (κ2) is 8.91. The van der Waals surface area contributed by atoms with Crippen molar-refractivity contribution in [1.82, 2.24) is 0 Å². The number of aliphatic carboxylic acids is 1. The Bertz CT molecular complexity index is 57.2. The summed E-state index contributed by atoms with van der Waals surface area (Å²) in [6, 6.07) is 0. The van der Waals surface area contributed by atoms with Gasteiger partial charge in [0.05, 0.1) is 0 Å². The van der Waals surface area contributed by atoms with Crippen LogP contribution in [-0.2, 0) is 9.59 Å². The van der Waals surface area contributed by atoms with Gasteiger partial charge in [-0.05, 0) is 0 Å². The predicted molar refractivity (Wildman–Crippen MR) is 21.2 cm³/mol. The predicted octanol–water partition coefficient (Wildman–Crippen LogP) is 0.237. The molecule has 0 saturated carbocycles. The lowest BCUT2D eigenvalue weighted by atomic mass is 10.9. The first kappa shape index (κ1) is 9.42. The molecule has 0 rings (SSSR count). The third kappa shape index (κ3) is 55.2. The summed E-state index contributed by atoms with van der Waals surface area (Å²) >= 11 is 0. The van der Waals surface area contributed by atoms with Gasteiger partial charge in [-0.3, -0.25) is 9.59 Å². The molecule has 1 N–H and O–H groups in total. The van der Waals surface area contributed by atoms with Crippen LogP contribution in [0.15, 0.2) is 0 Å². The molecule has 0 aromatic heterocycles. The van der Waals surface area contributed by atoms with Gasteiger partial charge in [-0.2, -0.15) is 4.39 Å². The number of carboxylic acid groups (broad SMARTS) is 1. The van der Waals surface area contributed by atoms with Gasteiger partial charge >= 0.3 is 0 Å². The van der Waals surface area contributed by atoms with Gasteiger partial charge in [0.1, 0.15) is 0 Å². The molecular formula is C3H5FO3. The standard InChI is InChI=1S/C2H4O2.CHFO/c1-2(3)4;2-1-3/h1H3,(H,3,4);1H. The van der Waals surface area contributed by atoms with Gasteiger partial charge in [0, 0.05) is 6.92 Å². The molecule has 0 heterocycles. The molecule has 0 saturated heterocycles. The maximum atomic E-state index is 9.61. The number of hydrogen-bond acceptors (Lipinski definition) is 2. The summed E-state index contributed by atoms with van der Waals surface area (Å²) < 4.78 is 9.61. The fourth-order valence-corrected chi connectivity index (χ4v) is 0. The second-order valence-electron chi connectivity index (χ2n) is 0.608. The van der Waals surface area contributed by atoms with Crippen molar-refractivity contribution in [1.29, 1.82) is 0 Å². The smallest absolute Gasteiger partial charge is 0.300 e. The Morgan fingerprint density at radius 2 is 1.86 bits per heavy atom. The van der Waals surface area contributed by atoms with Crippen molar-refractivity contribution in [2.24, 2.45) is 0 Å². The van der Waals surface area contributed by atoms with E-state index in [1.54, 1.807) is 0 Å². The van der Waals surface area contributed by atoms with Gasteiger partial charge in [0.25, 0.3) is 12.5 Å². The molecule has 0 radical (unpaired) electrons. The first-order chi connectivity index (χ1) is 3.15. The van der Waals surface area contributed by atoms with E-state index in [9.17, 15) is 4.39 Å². The molecular weight excluding hydrogens is 103 g/mol. The Morgan fingerprint density at radius 1 is 1.86 bits per heavy atom. The van der Waals surface area contributed by atoms with Gasteiger partial charge < -0.3 is 5.11 Å². The maximum absolute atomic E-state index is 9.61. The van der Waals surface area contributed by atoms with Crippen molar-refractivity contribution in [3.05, 3.63) is 0 Å². The third-order valence-electron chi connectivity index (χ3n) is 0. The van der Waals surface area contributed by atoms with Crippen molar-refractivity contribution in [3.8, 4) is 0 Å². The van der Waals surface area contributed by atoms with Gasteiger partial charge in [0.15, 0.2) is 0 Å². The van der Waals surface area contributed by atoms with Crippen molar-refractivity contribution < 1.29 is 19.1 Å². The van der Waals surface area contributed by atoms with E-state index in [0.29, 0.717) is 0 Å². The van der Waals surface area contributed by atoms with Crippen LogP contribution >= 0.6 is 0 Å². The first-order valence-electron chi connectivity index (χ1n) is 1.38. The maximum Gasteiger partial charge on any atom is 0.300 e. The molecule has 0 atom stereocenters. The average Bonchev–Trinajstić information content (AvgIpc) is 1.33. The number of rotatable bonds is 0. The fraction of sp³-hybridized carbons (Fsp3) is 0.333. The Kier molecular flexibility index (Phi) is 12.0. The summed E-state index contributed by atoms with van der Waals surface area (Å²) in [6.45, 7) is 0.333. The van der Waals surface area contributed by atoms with Gasteiger partial charge in [0.2, 0.25) is 0 Å². The van der Waals surface area contributed by atoms with Crippen molar-refractivity contribution in [2.75, 3.05) is 0 Å². The Morgan fingerprint density at radius 3 is 1.86 bits per heavy atom. The Balaban J connectivity index is 0. The number of carbonyl (C=O) groups excluding carboxylic acids is 1. The second-order valence-corrected chi connectivity index (χ2v) is 0.608. The topological polar surface area (TPSA) is 54.4 Å². The van der Waals surface area contributed by atoms with E-state index in [2.05, 4.69) is 0 Å². The molecule has 0 unspecified atom stereocenters. The van der Waals surface area contributed by atoms with Crippen LogP contribution < -0.4 is 0 Å². The SMILES string of the molecule is CC(=O)O.O=CF. The van der Waals surface area contributed by atoms with E-state index in [-0.39, 0.29) is 0 Å². The normalized spacial score (nSPS) is 5.43. The summed E-state index contributed by atoms with van der Waals surface area (Å²) in [5.74, 6) is -0.833. The minimum Gasteiger partial charge on any atom is -0.481 e. The van der Waals surface area contributed by atoms with Crippen LogP contribution in [-0.4, -0.2) is 17.6 Å². The molecule has 0 fully saturated rings. The lowest BCUT2D eigenvalue weighted by molar-refractivity contribution is -0.134. The van der Waals surface area contributed by atoms with Crippen molar-refractivity contribution >= 4 is 12.5 Å². The van der Waals surface area contributed by atoms with Gasteiger partial charge in [-0.25, -0.2) is 0 Å². The van der Waals surface area contributed by atoms with Crippen LogP contribution in [0.2, 0.25) is 0 Å². The van der Waals surface area contributed by atoms with Gasteiger partial charge in [-0.1, -0.05) is 0 Å². The third-order valence-corrected chi connectivity index (χ3v) is 0. The minimum atomic E-state index is -0.833. The van der Waals surface area contributed by atoms with Gasteiger partial charge in [-0.15, -0.1) is 0 Å². The lowest BCUT2D eigenvalue weighted by Crippen LogP contribution is -1.78. The molecule has 3 nitrogen and oxygen atoms in total. The molecule has 0 aliphatic heterocycles. The molecule has 0 aromatic carbocycles. The fourth-order valence-electron chi connectivity index (χ4n) is 0. The monoisotopic (exact) mass is 108 g/mol. The zero-order chi connectivity index (χ0) is 6.28. The Labute approximate surface area is 39.8 Å². The van der Waals surface area contributed by atoms with E-state index in [1.807, 2.05) is 0 Å².